The van der Waals surface area contributed by atoms with Crippen molar-refractivity contribution in [1.29, 1.82) is 0 Å². The number of allylic oxidation sites excluding steroid dienone is 2. The van der Waals surface area contributed by atoms with E-state index >= 15 is 0 Å². The zero-order valence-electron chi connectivity index (χ0n) is 21.3. The summed E-state index contributed by atoms with van der Waals surface area (Å²) in [6.45, 7) is 6.88. The van der Waals surface area contributed by atoms with Gasteiger partial charge >= 0.3 is 0 Å². The number of fused-ring (bicyclic) bond motifs is 4. The molecule has 1 N–H and O–H groups in total. The van der Waals surface area contributed by atoms with Crippen LogP contribution < -0.4 is 0 Å². The maximum atomic E-state index is 10.0. The van der Waals surface area contributed by atoms with Crippen molar-refractivity contribution in [2.45, 2.75) is 27.7 Å². The first-order valence-corrected chi connectivity index (χ1v) is 11.8. The fourth-order valence-electron chi connectivity index (χ4n) is 4.13. The SMILES string of the molecule is CC(=O)/C=C(/C)O.Cc1ccc(-c2cc3cnc(-c4[c-]ccc5c4oc4nc(C)ccc45)cc3o2)cc1.[Ir]. The Labute approximate surface area is 233 Å². The van der Waals surface area contributed by atoms with Crippen LogP contribution in [0.15, 0.2) is 87.5 Å². The second kappa shape index (κ2) is 11.1. The molecule has 0 unspecified atom stereocenters. The van der Waals surface area contributed by atoms with Crippen molar-refractivity contribution in [2.75, 3.05) is 0 Å². The van der Waals surface area contributed by atoms with E-state index in [1.54, 1.807) is 0 Å². The van der Waals surface area contributed by atoms with Gasteiger partial charge in [-0.2, -0.15) is 0 Å². The average molecular weight is 682 g/mol. The van der Waals surface area contributed by atoms with Gasteiger partial charge in [0.05, 0.1) is 11.3 Å². The Balaban J connectivity index is 0.000000375. The Morgan fingerprint density at radius 2 is 1.74 bits per heavy atom. The number of pyridine rings is 2. The van der Waals surface area contributed by atoms with Gasteiger partial charge in [-0.05, 0) is 57.7 Å². The number of rotatable bonds is 3. The van der Waals surface area contributed by atoms with Crippen molar-refractivity contribution in [3.8, 4) is 22.6 Å². The molecule has 2 aromatic carbocycles. The Bertz CT molecular complexity index is 1790. The molecule has 4 heterocycles. The van der Waals surface area contributed by atoms with E-state index in [4.69, 9.17) is 13.9 Å². The quantitative estimate of drug-likeness (QED) is 0.116. The summed E-state index contributed by atoms with van der Waals surface area (Å²) in [7, 11) is 0. The number of aliphatic hydroxyl groups is 1. The number of aromatic nitrogens is 2. The van der Waals surface area contributed by atoms with Gasteiger partial charge in [0.25, 0.3) is 0 Å². The molecule has 0 aliphatic heterocycles. The van der Waals surface area contributed by atoms with Crippen molar-refractivity contribution < 1.29 is 38.8 Å². The first-order chi connectivity index (χ1) is 17.8. The first-order valence-electron chi connectivity index (χ1n) is 11.8. The summed E-state index contributed by atoms with van der Waals surface area (Å²) in [5, 5.41) is 11.3. The number of carbonyl (C=O) groups is 1. The van der Waals surface area contributed by atoms with Crippen molar-refractivity contribution in [1.82, 2.24) is 9.97 Å². The fraction of sp³-hybridized carbons (Fsp3) is 0.129. The number of ketones is 1. The molecule has 0 aliphatic rings. The molecule has 0 atom stereocenters. The van der Waals surface area contributed by atoms with Crippen LogP contribution in [0.4, 0.5) is 0 Å². The molecule has 0 saturated carbocycles. The van der Waals surface area contributed by atoms with Crippen molar-refractivity contribution >= 4 is 38.8 Å². The third kappa shape index (κ3) is 5.59. The zero-order chi connectivity index (χ0) is 26.1. The van der Waals surface area contributed by atoms with E-state index in [0.29, 0.717) is 5.71 Å². The first kappa shape index (κ1) is 27.0. The van der Waals surface area contributed by atoms with Crippen LogP contribution >= 0.6 is 0 Å². The van der Waals surface area contributed by atoms with Crippen molar-refractivity contribution in [2.24, 2.45) is 0 Å². The molecule has 0 bridgehead atoms. The van der Waals surface area contributed by atoms with Crippen LogP contribution in [0.1, 0.15) is 25.1 Å². The van der Waals surface area contributed by atoms with Crippen LogP contribution in [-0.4, -0.2) is 20.9 Å². The summed E-state index contributed by atoms with van der Waals surface area (Å²) in [5.74, 6) is 0.766. The molecule has 0 fully saturated rings. The number of carbonyl (C=O) groups excluding carboxylic acids is 1. The summed E-state index contributed by atoms with van der Waals surface area (Å²) in [5.41, 5.74) is 6.90. The molecule has 6 rings (SSSR count). The monoisotopic (exact) mass is 682 g/mol. The van der Waals surface area contributed by atoms with E-state index in [1.165, 1.54) is 25.5 Å². The predicted octanol–water partition coefficient (Wildman–Crippen LogP) is 7.91. The van der Waals surface area contributed by atoms with Gasteiger partial charge in [-0.15, -0.1) is 18.2 Å². The molecule has 38 heavy (non-hydrogen) atoms. The molecular weight excluding hydrogens is 657 g/mol. The Hall–Kier alpha value is -4.06. The number of aryl methyl sites for hydroxylation is 2. The van der Waals surface area contributed by atoms with Crippen molar-refractivity contribution in [3.05, 3.63) is 96.0 Å². The van der Waals surface area contributed by atoms with E-state index in [0.717, 1.165) is 55.6 Å². The summed E-state index contributed by atoms with van der Waals surface area (Å²) in [6, 6.07) is 23.5. The zero-order valence-corrected chi connectivity index (χ0v) is 23.7. The maximum Gasteiger partial charge on any atom is 0.216 e. The second-order valence-corrected chi connectivity index (χ2v) is 8.98. The molecule has 6 aromatic rings. The molecule has 0 aliphatic carbocycles. The van der Waals surface area contributed by atoms with Crippen LogP contribution in [0.5, 0.6) is 0 Å². The van der Waals surface area contributed by atoms with Crippen molar-refractivity contribution in [3.63, 3.8) is 0 Å². The van der Waals surface area contributed by atoms with E-state index in [9.17, 15) is 4.79 Å². The number of benzene rings is 2. The summed E-state index contributed by atoms with van der Waals surface area (Å²) < 4.78 is 12.2. The van der Waals surface area contributed by atoms with Gasteiger partial charge in [0.1, 0.15) is 11.3 Å². The number of aliphatic hydroxyl groups excluding tert-OH is 1. The van der Waals surface area contributed by atoms with Crippen LogP contribution in [0.3, 0.4) is 0 Å². The van der Waals surface area contributed by atoms with Gasteiger partial charge in [-0.3, -0.25) is 4.79 Å². The van der Waals surface area contributed by atoms with E-state index in [2.05, 4.69) is 47.2 Å². The summed E-state index contributed by atoms with van der Waals surface area (Å²) >= 11 is 0. The number of hydrogen-bond donors (Lipinski definition) is 1. The third-order valence-corrected chi connectivity index (χ3v) is 5.84. The van der Waals surface area contributed by atoms with Gasteiger partial charge in [0.15, 0.2) is 5.78 Å². The molecule has 193 valence electrons. The van der Waals surface area contributed by atoms with Gasteiger partial charge in [0.2, 0.25) is 5.71 Å². The van der Waals surface area contributed by atoms with Crippen LogP contribution in [0.25, 0.3) is 55.6 Å². The van der Waals surface area contributed by atoms with Gasteiger partial charge < -0.3 is 18.9 Å². The minimum atomic E-state index is -0.125. The van der Waals surface area contributed by atoms with E-state index < -0.39 is 0 Å². The molecule has 4 aromatic heterocycles. The molecule has 7 heteroatoms. The van der Waals surface area contributed by atoms with Gasteiger partial charge in [-0.1, -0.05) is 40.8 Å². The van der Waals surface area contributed by atoms with Gasteiger partial charge in [0, 0.05) is 54.4 Å². The molecule has 6 nitrogen and oxygen atoms in total. The predicted molar refractivity (Wildman–Crippen MR) is 145 cm³/mol. The minimum absolute atomic E-state index is 0. The number of hydrogen-bond acceptors (Lipinski definition) is 6. The van der Waals surface area contributed by atoms with Gasteiger partial charge in [-0.25, -0.2) is 4.98 Å². The topological polar surface area (TPSA) is 89.4 Å². The molecule has 0 spiro atoms. The maximum absolute atomic E-state index is 10.0. The van der Waals surface area contributed by atoms with E-state index in [-0.39, 0.29) is 31.6 Å². The third-order valence-electron chi connectivity index (χ3n) is 5.84. The summed E-state index contributed by atoms with van der Waals surface area (Å²) in [4.78, 5) is 19.2. The smallest absolute Gasteiger partial charge is 0.216 e. The minimum Gasteiger partial charge on any atom is -0.512 e. The fourth-order valence-corrected chi connectivity index (χ4v) is 4.13. The number of furan rings is 2. The standard InChI is InChI=1S/C26H17N2O2.C5H8O2.Ir/c1-15-6-9-17(10-7-15)23-12-18-14-27-22(13-24(18)29-23)21-5-3-4-19-20-11-8-16(2)28-26(20)30-25(19)21;1-4(6)3-5(2)7;/h3-4,6-14H,1-2H3;3,6H,1-2H3;/q-1;;/b;4-3-;. The van der Waals surface area contributed by atoms with E-state index in [1.807, 2.05) is 49.5 Å². The normalized spacial score (nSPS) is 11.3. The van der Waals surface area contributed by atoms with Crippen LogP contribution in [-0.2, 0) is 24.9 Å². The largest absolute Gasteiger partial charge is 0.512 e. The Kier molecular flexibility index (Phi) is 7.91. The Morgan fingerprint density at radius 3 is 2.42 bits per heavy atom. The molecular formula is C31H25IrN2O4-. The second-order valence-electron chi connectivity index (χ2n) is 8.98. The average Bonchev–Trinajstić information content (AvgIpc) is 3.44. The summed E-state index contributed by atoms with van der Waals surface area (Å²) in [6.07, 6.45) is 3.00. The molecule has 0 saturated heterocycles. The number of nitrogens with zero attached hydrogens (tertiary/aromatic N) is 2. The Morgan fingerprint density at radius 1 is 0.974 bits per heavy atom. The molecule has 0 amide bonds. The van der Waals surface area contributed by atoms with Crippen LogP contribution in [0, 0.1) is 19.9 Å². The molecule has 1 radical (unpaired) electrons. The van der Waals surface area contributed by atoms with Crippen LogP contribution in [0.2, 0.25) is 0 Å².